The van der Waals surface area contributed by atoms with E-state index in [1.807, 2.05) is 16.2 Å². The molecule has 1 aliphatic carbocycles. The average Bonchev–Trinajstić information content (AvgIpc) is 2.73. The molecule has 2 aliphatic heterocycles. The summed E-state index contributed by atoms with van der Waals surface area (Å²) in [5.41, 5.74) is 5.66. The van der Waals surface area contributed by atoms with E-state index in [-0.39, 0.29) is 0 Å². The molecule has 1 N–H and O–H groups in total. The standard InChI is InChI=1S/C11H16N4OS/c1-16-7-14-6-10-12-9-5-3-2-4-8(9)11(17)15(10)13-14/h6,13,17H,2-5,7H2,1H3. The summed E-state index contributed by atoms with van der Waals surface area (Å²) in [6.45, 7) is 0.487. The molecule has 2 heterocycles. The number of hydrazine groups is 2. The maximum atomic E-state index is 5.09. The van der Waals surface area contributed by atoms with E-state index < -0.39 is 0 Å². The van der Waals surface area contributed by atoms with Gasteiger partial charge >= 0.3 is 0 Å². The molecule has 0 aromatic carbocycles. The van der Waals surface area contributed by atoms with E-state index in [1.54, 1.807) is 7.11 Å². The molecule has 0 aromatic rings. The number of hydrogen-bond acceptors (Lipinski definition) is 6. The maximum absolute atomic E-state index is 5.09. The summed E-state index contributed by atoms with van der Waals surface area (Å²) in [5.74, 6) is 0.896. The van der Waals surface area contributed by atoms with Gasteiger partial charge in [-0.2, -0.15) is 0 Å². The average molecular weight is 252 g/mol. The first-order chi connectivity index (χ1) is 8.29. The number of nitrogens with one attached hydrogen (secondary N) is 1. The first-order valence-corrected chi connectivity index (χ1v) is 6.28. The molecule has 17 heavy (non-hydrogen) atoms. The maximum Gasteiger partial charge on any atom is 0.167 e. The van der Waals surface area contributed by atoms with Gasteiger partial charge in [-0.15, -0.1) is 18.2 Å². The van der Waals surface area contributed by atoms with Crippen molar-refractivity contribution in [3.63, 3.8) is 0 Å². The van der Waals surface area contributed by atoms with Gasteiger partial charge in [0.15, 0.2) is 5.82 Å². The van der Waals surface area contributed by atoms with Crippen LogP contribution in [-0.4, -0.2) is 29.6 Å². The molecule has 5 nitrogen and oxygen atoms in total. The molecule has 1 fully saturated rings. The number of fused-ring (bicyclic) bond motifs is 2. The van der Waals surface area contributed by atoms with Gasteiger partial charge in [0.05, 0.1) is 11.2 Å². The Kier molecular flexibility index (Phi) is 2.85. The first kappa shape index (κ1) is 11.1. The lowest BCUT2D eigenvalue weighted by atomic mass is 9.92. The highest BCUT2D eigenvalue weighted by atomic mass is 32.1. The Morgan fingerprint density at radius 1 is 1.47 bits per heavy atom. The summed E-state index contributed by atoms with van der Waals surface area (Å²) >= 11 is 4.62. The Hall–Kier alpha value is -0.980. The summed E-state index contributed by atoms with van der Waals surface area (Å²) in [6, 6.07) is 0. The molecule has 3 aliphatic rings. The third kappa shape index (κ3) is 1.86. The molecule has 0 atom stereocenters. The van der Waals surface area contributed by atoms with E-state index in [4.69, 9.17) is 4.74 Å². The fraction of sp³-hybridized carbons (Fsp3) is 0.545. The second-order valence-corrected chi connectivity index (χ2v) is 4.80. The molecular weight excluding hydrogens is 236 g/mol. The molecule has 6 heteroatoms. The van der Waals surface area contributed by atoms with Crippen LogP contribution in [0, 0.1) is 0 Å². The van der Waals surface area contributed by atoms with Crippen LogP contribution in [0.4, 0.5) is 0 Å². The lowest BCUT2D eigenvalue weighted by Crippen LogP contribution is -2.41. The highest BCUT2D eigenvalue weighted by Crippen LogP contribution is 2.34. The molecule has 3 rings (SSSR count). The Balaban J connectivity index is 1.91. The van der Waals surface area contributed by atoms with Crippen LogP contribution in [0.25, 0.3) is 0 Å². The molecule has 0 radical (unpaired) electrons. The van der Waals surface area contributed by atoms with Crippen LogP contribution < -0.4 is 5.53 Å². The van der Waals surface area contributed by atoms with Crippen molar-refractivity contribution in [2.75, 3.05) is 13.8 Å². The fourth-order valence-corrected chi connectivity index (χ4v) is 2.76. The zero-order valence-electron chi connectivity index (χ0n) is 9.81. The number of ether oxygens (including phenoxy) is 1. The van der Waals surface area contributed by atoms with Gasteiger partial charge in [0.25, 0.3) is 0 Å². The third-order valence-electron chi connectivity index (χ3n) is 3.17. The van der Waals surface area contributed by atoms with Gasteiger partial charge in [0.2, 0.25) is 0 Å². The first-order valence-electron chi connectivity index (χ1n) is 5.83. The summed E-state index contributed by atoms with van der Waals surface area (Å²) in [6.07, 6.45) is 6.54. The van der Waals surface area contributed by atoms with Crippen LogP contribution in [0.1, 0.15) is 25.7 Å². The SMILES string of the molecule is COCN1C=C2N=C3CCCCC3=C(S)N2N1. The molecule has 0 aromatic heterocycles. The van der Waals surface area contributed by atoms with Gasteiger partial charge in [-0.1, -0.05) is 0 Å². The molecule has 0 spiro atoms. The lowest BCUT2D eigenvalue weighted by molar-refractivity contribution is 0.0360. The van der Waals surface area contributed by atoms with Crippen molar-refractivity contribution in [2.24, 2.45) is 4.99 Å². The van der Waals surface area contributed by atoms with Crippen molar-refractivity contribution < 1.29 is 4.74 Å². The van der Waals surface area contributed by atoms with E-state index in [0.29, 0.717) is 6.73 Å². The topological polar surface area (TPSA) is 40.1 Å². The van der Waals surface area contributed by atoms with Gasteiger partial charge in [-0.05, 0) is 25.7 Å². The van der Waals surface area contributed by atoms with Gasteiger partial charge in [-0.3, -0.25) is 5.01 Å². The van der Waals surface area contributed by atoms with Crippen LogP contribution in [-0.2, 0) is 4.74 Å². The molecule has 92 valence electrons. The number of aliphatic imine (C=N–C) groups is 1. The normalized spacial score (nSPS) is 23.4. The summed E-state index contributed by atoms with van der Waals surface area (Å²) in [4.78, 5) is 4.69. The minimum Gasteiger partial charge on any atom is -0.363 e. The van der Waals surface area contributed by atoms with Crippen LogP contribution in [0.5, 0.6) is 0 Å². The van der Waals surface area contributed by atoms with Crippen molar-refractivity contribution in [2.45, 2.75) is 25.7 Å². The molecule has 1 saturated carbocycles. The van der Waals surface area contributed by atoms with Crippen molar-refractivity contribution in [3.05, 3.63) is 22.6 Å². The van der Waals surface area contributed by atoms with Gasteiger partial charge < -0.3 is 4.74 Å². The largest absolute Gasteiger partial charge is 0.363 e. The monoisotopic (exact) mass is 252 g/mol. The third-order valence-corrected chi connectivity index (χ3v) is 3.64. The molecule has 0 bridgehead atoms. The van der Waals surface area contributed by atoms with Gasteiger partial charge in [0, 0.05) is 18.4 Å². The number of allylic oxidation sites excluding steroid dienone is 1. The van der Waals surface area contributed by atoms with Crippen molar-refractivity contribution in [3.8, 4) is 0 Å². The minimum atomic E-state index is 0.487. The van der Waals surface area contributed by atoms with Crippen LogP contribution in [0.2, 0.25) is 0 Å². The van der Waals surface area contributed by atoms with Gasteiger partial charge in [0.1, 0.15) is 6.73 Å². The Morgan fingerprint density at radius 3 is 3.12 bits per heavy atom. The van der Waals surface area contributed by atoms with Gasteiger partial charge in [-0.25, -0.2) is 10.0 Å². The zero-order chi connectivity index (χ0) is 11.8. The van der Waals surface area contributed by atoms with E-state index in [1.165, 1.54) is 24.1 Å². The highest BCUT2D eigenvalue weighted by molar-refractivity contribution is 7.84. The van der Waals surface area contributed by atoms with E-state index >= 15 is 0 Å². The van der Waals surface area contributed by atoms with Crippen molar-refractivity contribution in [1.29, 1.82) is 0 Å². The minimum absolute atomic E-state index is 0.487. The number of methoxy groups -OCH3 is 1. The quantitative estimate of drug-likeness (QED) is 0.732. The van der Waals surface area contributed by atoms with E-state index in [2.05, 4.69) is 23.2 Å². The fourth-order valence-electron chi connectivity index (χ4n) is 2.37. The van der Waals surface area contributed by atoms with E-state index in [0.717, 1.165) is 23.7 Å². The van der Waals surface area contributed by atoms with Crippen LogP contribution in [0.3, 0.4) is 0 Å². The summed E-state index contributed by atoms with van der Waals surface area (Å²) in [5, 5.41) is 4.74. The molecule has 0 amide bonds. The van der Waals surface area contributed by atoms with Crippen molar-refractivity contribution in [1.82, 2.24) is 15.6 Å². The Morgan fingerprint density at radius 2 is 2.29 bits per heavy atom. The molecule has 0 saturated heterocycles. The Bertz CT molecular complexity index is 429. The van der Waals surface area contributed by atoms with E-state index in [9.17, 15) is 0 Å². The number of hydrogen-bond donors (Lipinski definition) is 2. The van der Waals surface area contributed by atoms with Crippen LogP contribution in [0.15, 0.2) is 27.6 Å². The number of nitrogens with zero attached hydrogens (tertiary/aromatic N) is 3. The predicted molar refractivity (Wildman–Crippen MR) is 68.7 cm³/mol. The highest BCUT2D eigenvalue weighted by Gasteiger charge is 2.31. The second kappa shape index (κ2) is 4.36. The second-order valence-electron chi connectivity index (χ2n) is 4.38. The lowest BCUT2D eigenvalue weighted by Gasteiger charge is -2.30. The predicted octanol–water partition coefficient (Wildman–Crippen LogP) is 1.60. The number of rotatable bonds is 2. The Labute approximate surface area is 106 Å². The number of thiol groups is 1. The molecular formula is C11H16N4OS. The molecule has 0 unspecified atom stereocenters. The zero-order valence-corrected chi connectivity index (χ0v) is 10.7. The van der Waals surface area contributed by atoms with Crippen LogP contribution >= 0.6 is 12.6 Å². The summed E-state index contributed by atoms with van der Waals surface area (Å²) in [7, 11) is 1.67. The summed E-state index contributed by atoms with van der Waals surface area (Å²) < 4.78 is 5.09. The van der Waals surface area contributed by atoms with Crippen molar-refractivity contribution >= 4 is 18.3 Å². The smallest absolute Gasteiger partial charge is 0.167 e.